The van der Waals surface area contributed by atoms with Gasteiger partial charge in [-0.05, 0) is 30.2 Å². The summed E-state index contributed by atoms with van der Waals surface area (Å²) in [6.07, 6.45) is 0.631. The predicted octanol–water partition coefficient (Wildman–Crippen LogP) is 3.96. The van der Waals surface area contributed by atoms with Crippen LogP contribution in [0, 0.1) is 0 Å². The first-order chi connectivity index (χ1) is 15.9. The first kappa shape index (κ1) is 22.8. The van der Waals surface area contributed by atoms with Gasteiger partial charge in [0.05, 0.1) is 36.4 Å². The quantitative estimate of drug-likeness (QED) is 0.385. The van der Waals surface area contributed by atoms with Crippen molar-refractivity contribution in [3.63, 3.8) is 0 Å². The van der Waals surface area contributed by atoms with E-state index in [2.05, 4.69) is 0 Å². The molecule has 0 bridgehead atoms. The van der Waals surface area contributed by atoms with Crippen LogP contribution >= 0.6 is 11.6 Å². The maximum Gasteiger partial charge on any atom is 0.295 e. The molecule has 0 spiro atoms. The number of benzene rings is 2. The molecule has 1 amide bonds. The lowest BCUT2D eigenvalue weighted by Crippen LogP contribution is -2.30. The number of aliphatic hydroxyl groups is 1. The minimum Gasteiger partial charge on any atom is -0.507 e. The third kappa shape index (κ3) is 3.95. The number of halogens is 1. The average Bonchev–Trinajstić information content (AvgIpc) is 3.08. The zero-order chi connectivity index (χ0) is 23.7. The normalized spacial score (nSPS) is 19.0. The van der Waals surface area contributed by atoms with Gasteiger partial charge >= 0.3 is 0 Å². The SMILES string of the molecule is CCCN1C(=O)C(=O)/C(=C(/O)c2cc(OC)c(Cl)cc2OC)C1c1ccc2c(c1)OCCO2. The molecule has 2 aromatic carbocycles. The standard InChI is InChI=1S/C24H24ClNO7/c1-4-7-26-21(13-5-6-16-19(10-13)33-9-8-32-16)20(23(28)24(26)29)22(27)14-11-18(31-3)15(25)12-17(14)30-2/h5-6,10-12,21,27H,4,7-9H2,1-3H3/b22-20+. The summed E-state index contributed by atoms with van der Waals surface area (Å²) in [4.78, 5) is 27.5. The fourth-order valence-corrected chi connectivity index (χ4v) is 4.35. The molecular weight excluding hydrogens is 450 g/mol. The van der Waals surface area contributed by atoms with E-state index in [4.69, 9.17) is 30.5 Å². The Bertz CT molecular complexity index is 1140. The van der Waals surface area contributed by atoms with Crippen LogP contribution in [0.1, 0.15) is 30.5 Å². The number of carbonyl (C=O) groups excluding carboxylic acids is 2. The number of rotatable bonds is 6. The first-order valence-corrected chi connectivity index (χ1v) is 10.9. The lowest BCUT2D eigenvalue weighted by atomic mass is 9.94. The number of hydrogen-bond acceptors (Lipinski definition) is 7. The van der Waals surface area contributed by atoms with Crippen LogP contribution in [0.5, 0.6) is 23.0 Å². The fourth-order valence-electron chi connectivity index (χ4n) is 4.12. The predicted molar refractivity (Wildman–Crippen MR) is 121 cm³/mol. The van der Waals surface area contributed by atoms with Crippen molar-refractivity contribution in [1.82, 2.24) is 4.90 Å². The van der Waals surface area contributed by atoms with Crippen molar-refractivity contribution in [2.24, 2.45) is 0 Å². The minimum atomic E-state index is -0.813. The zero-order valence-electron chi connectivity index (χ0n) is 18.5. The molecule has 2 heterocycles. The molecule has 1 atom stereocenters. The third-order valence-corrected chi connectivity index (χ3v) is 5.91. The highest BCUT2D eigenvalue weighted by molar-refractivity contribution is 6.46. The van der Waals surface area contributed by atoms with Gasteiger partial charge in [-0.25, -0.2) is 0 Å². The summed E-state index contributed by atoms with van der Waals surface area (Å²) in [7, 11) is 2.86. The Hall–Kier alpha value is -3.39. The van der Waals surface area contributed by atoms with E-state index < -0.39 is 17.7 Å². The number of ether oxygens (including phenoxy) is 4. The van der Waals surface area contributed by atoms with E-state index in [0.29, 0.717) is 43.2 Å². The Kier molecular flexibility index (Phi) is 6.37. The van der Waals surface area contributed by atoms with Crippen LogP contribution in [0.25, 0.3) is 5.76 Å². The van der Waals surface area contributed by atoms with Gasteiger partial charge in [0.25, 0.3) is 11.7 Å². The number of hydrogen-bond donors (Lipinski definition) is 1. The molecule has 33 heavy (non-hydrogen) atoms. The Labute approximate surface area is 196 Å². The number of nitrogens with zero attached hydrogens (tertiary/aromatic N) is 1. The number of likely N-dealkylation sites (tertiary alicyclic amines) is 1. The van der Waals surface area contributed by atoms with Gasteiger partial charge < -0.3 is 29.0 Å². The second-order valence-electron chi connectivity index (χ2n) is 7.58. The van der Waals surface area contributed by atoms with Crippen LogP contribution in [-0.2, 0) is 9.59 Å². The maximum atomic E-state index is 13.1. The van der Waals surface area contributed by atoms with E-state index in [0.717, 1.165) is 0 Å². The van der Waals surface area contributed by atoms with E-state index in [1.54, 1.807) is 18.2 Å². The van der Waals surface area contributed by atoms with E-state index in [1.807, 2.05) is 6.92 Å². The van der Waals surface area contributed by atoms with Crippen molar-refractivity contribution in [3.8, 4) is 23.0 Å². The summed E-state index contributed by atoms with van der Waals surface area (Å²) in [5.41, 5.74) is 0.761. The minimum absolute atomic E-state index is 0.0483. The molecule has 2 aliphatic rings. The number of fused-ring (bicyclic) bond motifs is 1. The van der Waals surface area contributed by atoms with E-state index >= 15 is 0 Å². The molecule has 1 saturated heterocycles. The van der Waals surface area contributed by atoms with E-state index in [-0.39, 0.29) is 33.4 Å². The summed E-state index contributed by atoms with van der Waals surface area (Å²) in [6, 6.07) is 7.38. The highest BCUT2D eigenvalue weighted by Crippen LogP contribution is 2.44. The van der Waals surface area contributed by atoms with Crippen molar-refractivity contribution in [2.45, 2.75) is 19.4 Å². The maximum absolute atomic E-state index is 13.1. The van der Waals surface area contributed by atoms with Crippen molar-refractivity contribution in [2.75, 3.05) is 34.0 Å². The Balaban J connectivity index is 1.92. The zero-order valence-corrected chi connectivity index (χ0v) is 19.3. The summed E-state index contributed by atoms with van der Waals surface area (Å²) in [5, 5.41) is 11.6. The molecule has 0 aliphatic carbocycles. The van der Waals surface area contributed by atoms with E-state index in [1.165, 1.54) is 31.3 Å². The Morgan fingerprint density at radius 3 is 2.45 bits per heavy atom. The first-order valence-electron chi connectivity index (χ1n) is 10.5. The summed E-state index contributed by atoms with van der Waals surface area (Å²) < 4.78 is 21.9. The van der Waals surface area contributed by atoms with Gasteiger partial charge in [-0.1, -0.05) is 24.6 Å². The van der Waals surface area contributed by atoms with Gasteiger partial charge in [-0.3, -0.25) is 9.59 Å². The number of aliphatic hydroxyl groups excluding tert-OH is 1. The topological polar surface area (TPSA) is 94.5 Å². The van der Waals surface area contributed by atoms with Gasteiger partial charge in [0.15, 0.2) is 11.5 Å². The second-order valence-corrected chi connectivity index (χ2v) is 7.99. The van der Waals surface area contributed by atoms with Crippen LogP contribution in [0.15, 0.2) is 35.9 Å². The smallest absolute Gasteiger partial charge is 0.295 e. The molecule has 174 valence electrons. The molecule has 0 aromatic heterocycles. The molecule has 8 nitrogen and oxygen atoms in total. The van der Waals surface area contributed by atoms with Gasteiger partial charge in [0.2, 0.25) is 0 Å². The third-order valence-electron chi connectivity index (χ3n) is 5.62. The molecule has 0 saturated carbocycles. The largest absolute Gasteiger partial charge is 0.507 e. The molecule has 4 rings (SSSR count). The van der Waals surface area contributed by atoms with Crippen LogP contribution in [0.4, 0.5) is 0 Å². The highest BCUT2D eigenvalue weighted by atomic mass is 35.5. The Morgan fingerprint density at radius 2 is 1.79 bits per heavy atom. The number of amides is 1. The fraction of sp³-hybridized carbons (Fsp3) is 0.333. The van der Waals surface area contributed by atoms with Gasteiger partial charge in [0, 0.05) is 12.6 Å². The number of methoxy groups -OCH3 is 2. The summed E-state index contributed by atoms with van der Waals surface area (Å²) >= 11 is 6.20. The van der Waals surface area contributed by atoms with Crippen LogP contribution < -0.4 is 18.9 Å². The van der Waals surface area contributed by atoms with Crippen molar-refractivity contribution < 1.29 is 33.6 Å². The van der Waals surface area contributed by atoms with Crippen molar-refractivity contribution in [3.05, 3.63) is 52.1 Å². The van der Waals surface area contributed by atoms with Gasteiger partial charge in [0.1, 0.15) is 30.5 Å². The Morgan fingerprint density at radius 1 is 1.09 bits per heavy atom. The molecule has 1 fully saturated rings. The number of ketones is 1. The van der Waals surface area contributed by atoms with Gasteiger partial charge in [-0.15, -0.1) is 0 Å². The van der Waals surface area contributed by atoms with Gasteiger partial charge in [-0.2, -0.15) is 0 Å². The lowest BCUT2D eigenvalue weighted by Gasteiger charge is -2.26. The summed E-state index contributed by atoms with van der Waals surface area (Å²) in [6.45, 7) is 3.08. The molecule has 9 heteroatoms. The highest BCUT2D eigenvalue weighted by Gasteiger charge is 2.46. The molecular formula is C24H24ClNO7. The summed E-state index contributed by atoms with van der Waals surface area (Å²) in [5.74, 6) is -0.208. The number of Topliss-reactive ketones (excluding diaryl/α,β-unsaturated/α-hetero) is 1. The molecule has 0 radical (unpaired) electrons. The van der Waals surface area contributed by atoms with E-state index in [9.17, 15) is 14.7 Å². The lowest BCUT2D eigenvalue weighted by molar-refractivity contribution is -0.139. The monoisotopic (exact) mass is 473 g/mol. The number of carbonyl (C=O) groups is 2. The van der Waals surface area contributed by atoms with Crippen LogP contribution in [0.2, 0.25) is 5.02 Å². The van der Waals surface area contributed by atoms with Crippen LogP contribution in [-0.4, -0.2) is 55.7 Å². The second kappa shape index (κ2) is 9.23. The molecule has 1 N–H and O–H groups in total. The van der Waals surface area contributed by atoms with Crippen molar-refractivity contribution in [1.29, 1.82) is 0 Å². The molecule has 2 aliphatic heterocycles. The van der Waals surface area contributed by atoms with Crippen molar-refractivity contribution >= 4 is 29.1 Å². The molecule has 2 aromatic rings. The molecule has 1 unspecified atom stereocenters. The van der Waals surface area contributed by atoms with Crippen LogP contribution in [0.3, 0.4) is 0 Å². The average molecular weight is 474 g/mol.